The van der Waals surface area contributed by atoms with Crippen LogP contribution < -0.4 is 0 Å². The van der Waals surface area contributed by atoms with Crippen molar-refractivity contribution in [1.82, 2.24) is 9.80 Å². The minimum absolute atomic E-state index is 0.0444. The van der Waals surface area contributed by atoms with Crippen molar-refractivity contribution >= 4 is 33.2 Å². The molecule has 1 saturated heterocycles. The van der Waals surface area contributed by atoms with Gasteiger partial charge in [0.2, 0.25) is 0 Å². The Hall–Kier alpha value is -2.66. The zero-order chi connectivity index (χ0) is 18.8. The van der Waals surface area contributed by atoms with Crippen LogP contribution in [-0.4, -0.2) is 47.8 Å². The number of hydrogen-bond donors (Lipinski definition) is 0. The number of carbonyl (C=O) groups is 2. The quantitative estimate of drug-likeness (QED) is 0.671. The summed E-state index contributed by atoms with van der Waals surface area (Å²) in [4.78, 5) is 30.4. The third-order valence-corrected chi connectivity index (χ3v) is 6.39. The third kappa shape index (κ3) is 3.47. The van der Waals surface area contributed by atoms with Crippen LogP contribution in [0.25, 0.3) is 10.1 Å². The molecule has 138 valence electrons. The highest BCUT2D eigenvalue weighted by Gasteiger charge is 2.25. The van der Waals surface area contributed by atoms with E-state index >= 15 is 0 Å². The van der Waals surface area contributed by atoms with Crippen molar-refractivity contribution in [3.8, 4) is 0 Å². The molecule has 0 saturated carbocycles. The van der Waals surface area contributed by atoms with Gasteiger partial charge in [-0.2, -0.15) is 0 Å². The number of nitrogens with zero attached hydrogens (tertiary/aromatic N) is 2. The first-order valence-electron chi connectivity index (χ1n) is 9.27. The van der Waals surface area contributed by atoms with Gasteiger partial charge in [0.25, 0.3) is 11.8 Å². The lowest BCUT2D eigenvalue weighted by atomic mass is 10.1. The fourth-order valence-corrected chi connectivity index (χ4v) is 4.79. The maximum Gasteiger partial charge on any atom is 0.264 e. The molecule has 1 aliphatic heterocycles. The minimum Gasteiger partial charge on any atom is -0.337 e. The van der Waals surface area contributed by atoms with Crippen LogP contribution in [0.4, 0.5) is 0 Å². The van der Waals surface area contributed by atoms with Gasteiger partial charge in [-0.25, -0.2) is 0 Å². The molecule has 2 aromatic carbocycles. The first kappa shape index (κ1) is 17.7. The van der Waals surface area contributed by atoms with Crippen LogP contribution >= 0.6 is 11.3 Å². The Morgan fingerprint density at radius 1 is 0.815 bits per heavy atom. The highest BCUT2D eigenvalue weighted by Crippen LogP contribution is 2.31. The lowest BCUT2D eigenvalue weighted by Crippen LogP contribution is -2.37. The normalized spacial score (nSPS) is 15.0. The van der Waals surface area contributed by atoms with Crippen LogP contribution in [0.1, 0.15) is 32.0 Å². The van der Waals surface area contributed by atoms with Crippen LogP contribution in [0, 0.1) is 6.92 Å². The van der Waals surface area contributed by atoms with Gasteiger partial charge in [0.15, 0.2) is 0 Å². The Bertz CT molecular complexity index is 980. The summed E-state index contributed by atoms with van der Waals surface area (Å²) in [6.07, 6.45) is 0.800. The molecule has 4 rings (SSSR count). The van der Waals surface area contributed by atoms with Crippen molar-refractivity contribution in [2.45, 2.75) is 13.3 Å². The van der Waals surface area contributed by atoms with Crippen LogP contribution in [0.15, 0.2) is 54.6 Å². The average Bonchev–Trinajstić information content (AvgIpc) is 2.89. The van der Waals surface area contributed by atoms with E-state index in [9.17, 15) is 9.59 Å². The minimum atomic E-state index is 0.0444. The van der Waals surface area contributed by atoms with Gasteiger partial charge in [-0.3, -0.25) is 9.59 Å². The van der Waals surface area contributed by atoms with E-state index in [2.05, 4.69) is 12.1 Å². The first-order chi connectivity index (χ1) is 13.1. The van der Waals surface area contributed by atoms with E-state index in [-0.39, 0.29) is 11.8 Å². The lowest BCUT2D eigenvalue weighted by Gasteiger charge is -2.22. The van der Waals surface area contributed by atoms with Gasteiger partial charge in [0, 0.05) is 36.4 Å². The van der Waals surface area contributed by atoms with Crippen molar-refractivity contribution in [3.63, 3.8) is 0 Å². The van der Waals surface area contributed by atoms with Crippen molar-refractivity contribution in [2.75, 3.05) is 26.2 Å². The van der Waals surface area contributed by atoms with E-state index < -0.39 is 0 Å². The van der Waals surface area contributed by atoms with E-state index in [0.29, 0.717) is 31.7 Å². The fraction of sp³-hybridized carbons (Fsp3) is 0.273. The molecule has 2 heterocycles. The first-order valence-corrected chi connectivity index (χ1v) is 10.1. The number of benzene rings is 2. The van der Waals surface area contributed by atoms with Crippen LogP contribution in [-0.2, 0) is 0 Å². The van der Waals surface area contributed by atoms with Gasteiger partial charge < -0.3 is 9.80 Å². The molecule has 0 spiro atoms. The van der Waals surface area contributed by atoms with Crippen LogP contribution in [0.2, 0.25) is 0 Å². The molecule has 2 amide bonds. The molecule has 1 aliphatic rings. The second-order valence-electron chi connectivity index (χ2n) is 6.86. The van der Waals surface area contributed by atoms with Gasteiger partial charge >= 0.3 is 0 Å². The van der Waals surface area contributed by atoms with E-state index in [4.69, 9.17) is 0 Å². The van der Waals surface area contributed by atoms with E-state index in [1.807, 2.05) is 59.2 Å². The van der Waals surface area contributed by atoms with Gasteiger partial charge in [-0.05, 0) is 42.5 Å². The summed E-state index contributed by atoms with van der Waals surface area (Å²) in [7, 11) is 0. The SMILES string of the molecule is Cc1c(C(=O)N2CCCN(C(=O)c3ccccc3)CC2)sc2ccccc12. The largest absolute Gasteiger partial charge is 0.337 e. The van der Waals surface area contributed by atoms with Crippen molar-refractivity contribution < 1.29 is 9.59 Å². The Morgan fingerprint density at radius 3 is 2.15 bits per heavy atom. The molecule has 0 bridgehead atoms. The molecule has 5 heteroatoms. The number of aryl methyl sites for hydroxylation is 1. The van der Waals surface area contributed by atoms with Crippen molar-refractivity contribution in [3.05, 3.63) is 70.6 Å². The van der Waals surface area contributed by atoms with Gasteiger partial charge in [0.1, 0.15) is 0 Å². The second-order valence-corrected chi connectivity index (χ2v) is 7.91. The predicted molar refractivity (Wildman–Crippen MR) is 109 cm³/mol. The molecule has 0 N–H and O–H groups in total. The summed E-state index contributed by atoms with van der Waals surface area (Å²) >= 11 is 1.56. The number of thiophene rings is 1. The summed E-state index contributed by atoms with van der Waals surface area (Å²) in [5, 5.41) is 1.15. The van der Waals surface area contributed by atoms with Gasteiger partial charge in [0.05, 0.1) is 4.88 Å². The Morgan fingerprint density at radius 2 is 1.44 bits per heavy atom. The Labute approximate surface area is 163 Å². The zero-order valence-corrected chi connectivity index (χ0v) is 16.2. The van der Waals surface area contributed by atoms with Gasteiger partial charge in [-0.1, -0.05) is 36.4 Å². The monoisotopic (exact) mass is 378 g/mol. The smallest absolute Gasteiger partial charge is 0.264 e. The number of carbonyl (C=O) groups excluding carboxylic acids is 2. The molecule has 3 aromatic rings. The fourth-order valence-electron chi connectivity index (χ4n) is 3.61. The Kier molecular flexibility index (Phi) is 4.94. The maximum absolute atomic E-state index is 13.1. The van der Waals surface area contributed by atoms with E-state index in [0.717, 1.165) is 26.9 Å². The van der Waals surface area contributed by atoms with Crippen LogP contribution in [0.3, 0.4) is 0 Å². The molecule has 0 unspecified atom stereocenters. The topological polar surface area (TPSA) is 40.6 Å². The predicted octanol–water partition coefficient (Wildman–Crippen LogP) is 4.20. The van der Waals surface area contributed by atoms with E-state index in [1.165, 1.54) is 0 Å². The molecule has 1 fully saturated rings. The Balaban J connectivity index is 1.50. The van der Waals surface area contributed by atoms with Crippen molar-refractivity contribution in [1.29, 1.82) is 0 Å². The molecule has 27 heavy (non-hydrogen) atoms. The molecular weight excluding hydrogens is 356 g/mol. The summed E-state index contributed by atoms with van der Waals surface area (Å²) in [6, 6.07) is 17.5. The number of amides is 2. The summed E-state index contributed by atoms with van der Waals surface area (Å²) in [5.41, 5.74) is 1.76. The number of hydrogen-bond acceptors (Lipinski definition) is 3. The molecule has 0 radical (unpaired) electrons. The molecule has 0 aliphatic carbocycles. The lowest BCUT2D eigenvalue weighted by molar-refractivity contribution is 0.0721. The highest BCUT2D eigenvalue weighted by atomic mass is 32.1. The van der Waals surface area contributed by atoms with E-state index in [1.54, 1.807) is 11.3 Å². The van der Waals surface area contributed by atoms with Crippen molar-refractivity contribution in [2.24, 2.45) is 0 Å². The van der Waals surface area contributed by atoms with Crippen LogP contribution in [0.5, 0.6) is 0 Å². The summed E-state index contributed by atoms with van der Waals surface area (Å²) < 4.78 is 1.15. The summed E-state index contributed by atoms with van der Waals surface area (Å²) in [6.45, 7) is 4.54. The zero-order valence-electron chi connectivity index (χ0n) is 15.4. The highest BCUT2D eigenvalue weighted by molar-refractivity contribution is 7.21. The molecule has 0 atom stereocenters. The third-order valence-electron chi connectivity index (χ3n) is 5.13. The molecule has 1 aromatic heterocycles. The van der Waals surface area contributed by atoms with Gasteiger partial charge in [-0.15, -0.1) is 11.3 Å². The maximum atomic E-state index is 13.1. The standard InChI is InChI=1S/C22H22N2O2S/c1-16-18-10-5-6-11-19(18)27-20(16)22(26)24-13-7-12-23(14-15-24)21(25)17-8-3-2-4-9-17/h2-6,8-11H,7,12-15H2,1H3. The average molecular weight is 378 g/mol. The molecular formula is C22H22N2O2S. The number of rotatable bonds is 2. The summed E-state index contributed by atoms with van der Waals surface area (Å²) in [5.74, 6) is 0.130. The molecule has 4 nitrogen and oxygen atoms in total. The number of fused-ring (bicyclic) bond motifs is 1. The second kappa shape index (κ2) is 7.53.